The Morgan fingerprint density at radius 1 is 1.43 bits per heavy atom. The number of nitrogens with zero attached hydrogens (tertiary/aromatic N) is 3. The van der Waals surface area contributed by atoms with Gasteiger partial charge in [-0.25, -0.2) is 26.9 Å². The van der Waals surface area contributed by atoms with Crippen LogP contribution in [-0.2, 0) is 26.7 Å². The van der Waals surface area contributed by atoms with Crippen LogP contribution in [0.2, 0.25) is 0 Å². The van der Waals surface area contributed by atoms with Crippen LogP contribution < -0.4 is 0 Å². The van der Waals surface area contributed by atoms with E-state index in [2.05, 4.69) is 10.1 Å². The highest BCUT2D eigenvalue weighted by molar-refractivity contribution is 7.92. The summed E-state index contributed by atoms with van der Waals surface area (Å²) in [6, 6.07) is 3.02. The van der Waals surface area contributed by atoms with E-state index in [9.17, 15) is 17.2 Å². The average Bonchev–Trinajstić information content (AvgIpc) is 2.97. The maximum atomic E-state index is 14.4. The zero-order valence-electron chi connectivity index (χ0n) is 12.3. The maximum absolute atomic E-state index is 14.4. The standard InChI is InChI=1S/C14H15F2N3O3S/c1-10-14(7-19-9-17-8-18-19,22-4-5-23(10,20)21)12-3-2-11(15)6-13(12)16/h2-3,6,8-10H,4-5,7H2,1H3/t10-,14-/m1/s1. The fourth-order valence-corrected chi connectivity index (χ4v) is 4.39. The second-order valence-corrected chi connectivity index (χ2v) is 7.91. The van der Waals surface area contributed by atoms with Crippen molar-refractivity contribution in [1.82, 2.24) is 14.8 Å². The third-order valence-electron chi connectivity index (χ3n) is 4.17. The lowest BCUT2D eigenvalue weighted by Crippen LogP contribution is -2.53. The largest absolute Gasteiger partial charge is 0.366 e. The lowest BCUT2D eigenvalue weighted by atomic mass is 9.89. The van der Waals surface area contributed by atoms with E-state index in [-0.39, 0.29) is 24.5 Å². The molecule has 1 saturated heterocycles. The van der Waals surface area contributed by atoms with Crippen LogP contribution in [0.1, 0.15) is 12.5 Å². The molecule has 0 aliphatic carbocycles. The molecule has 9 heteroatoms. The van der Waals surface area contributed by atoms with Gasteiger partial charge in [-0.05, 0) is 13.0 Å². The summed E-state index contributed by atoms with van der Waals surface area (Å²) in [6.45, 7) is 1.35. The molecule has 6 nitrogen and oxygen atoms in total. The van der Waals surface area contributed by atoms with Crippen molar-refractivity contribution >= 4 is 9.84 Å². The van der Waals surface area contributed by atoms with E-state index in [4.69, 9.17) is 4.74 Å². The molecule has 1 aromatic heterocycles. The van der Waals surface area contributed by atoms with Crippen LogP contribution in [0.3, 0.4) is 0 Å². The Bertz CT molecular complexity index is 811. The van der Waals surface area contributed by atoms with Gasteiger partial charge in [0.1, 0.15) is 29.9 Å². The summed E-state index contributed by atoms with van der Waals surface area (Å²) < 4.78 is 59.5. The molecule has 0 bridgehead atoms. The van der Waals surface area contributed by atoms with Gasteiger partial charge in [0.05, 0.1) is 24.2 Å². The van der Waals surface area contributed by atoms with E-state index in [0.29, 0.717) is 0 Å². The molecule has 1 aromatic carbocycles. The van der Waals surface area contributed by atoms with Gasteiger partial charge in [-0.3, -0.25) is 0 Å². The van der Waals surface area contributed by atoms with Gasteiger partial charge >= 0.3 is 0 Å². The molecule has 124 valence electrons. The molecular formula is C14H15F2N3O3S. The van der Waals surface area contributed by atoms with Crippen molar-refractivity contribution in [2.24, 2.45) is 0 Å². The monoisotopic (exact) mass is 343 g/mol. The number of hydrogen-bond donors (Lipinski definition) is 0. The topological polar surface area (TPSA) is 74.1 Å². The van der Waals surface area contributed by atoms with Crippen LogP contribution in [0.5, 0.6) is 0 Å². The lowest BCUT2D eigenvalue weighted by molar-refractivity contribution is -0.0684. The summed E-state index contributed by atoms with van der Waals surface area (Å²) in [5, 5.41) is 2.92. The van der Waals surface area contributed by atoms with Crippen LogP contribution in [0, 0.1) is 11.6 Å². The molecule has 0 N–H and O–H groups in total. The van der Waals surface area contributed by atoms with E-state index in [0.717, 1.165) is 12.1 Å². The van der Waals surface area contributed by atoms with Gasteiger partial charge in [-0.2, -0.15) is 5.10 Å². The molecule has 2 heterocycles. The van der Waals surface area contributed by atoms with Gasteiger partial charge in [0.15, 0.2) is 9.84 Å². The Morgan fingerprint density at radius 3 is 2.87 bits per heavy atom. The summed E-state index contributed by atoms with van der Waals surface area (Å²) >= 11 is 0. The van der Waals surface area contributed by atoms with Crippen LogP contribution in [0.4, 0.5) is 8.78 Å². The average molecular weight is 343 g/mol. The molecular weight excluding hydrogens is 328 g/mol. The van der Waals surface area contributed by atoms with Crippen molar-refractivity contribution in [2.75, 3.05) is 12.4 Å². The second kappa shape index (κ2) is 5.64. The minimum atomic E-state index is -3.49. The van der Waals surface area contributed by atoms with Crippen molar-refractivity contribution < 1.29 is 21.9 Å². The SMILES string of the molecule is C[C@@H]1[C@](Cn2cncn2)(c2ccc(F)cc2F)OCCS1(=O)=O. The summed E-state index contributed by atoms with van der Waals surface area (Å²) in [7, 11) is -3.49. The first-order valence-corrected chi connectivity index (χ1v) is 8.70. The van der Waals surface area contributed by atoms with Crippen LogP contribution in [0.15, 0.2) is 30.9 Å². The van der Waals surface area contributed by atoms with Crippen LogP contribution >= 0.6 is 0 Å². The summed E-state index contributed by atoms with van der Waals surface area (Å²) in [5.41, 5.74) is -1.51. The van der Waals surface area contributed by atoms with Crippen LogP contribution in [0.25, 0.3) is 0 Å². The van der Waals surface area contributed by atoms with E-state index in [1.807, 2.05) is 0 Å². The van der Waals surface area contributed by atoms with E-state index < -0.39 is 32.3 Å². The number of ether oxygens (including phenoxy) is 1. The van der Waals surface area contributed by atoms with Crippen LogP contribution in [-0.4, -0.2) is 40.8 Å². The quantitative estimate of drug-likeness (QED) is 0.839. The molecule has 3 rings (SSSR count). The predicted octanol–water partition coefficient (Wildman–Crippen LogP) is 1.29. The van der Waals surface area contributed by atoms with Crippen molar-refractivity contribution in [2.45, 2.75) is 24.3 Å². The van der Waals surface area contributed by atoms with Crippen molar-refractivity contribution in [1.29, 1.82) is 0 Å². The smallest absolute Gasteiger partial charge is 0.158 e. The highest BCUT2D eigenvalue weighted by Gasteiger charge is 2.50. The fourth-order valence-electron chi connectivity index (χ4n) is 2.87. The Kier molecular flexibility index (Phi) is 3.93. The number of aromatic nitrogens is 3. The van der Waals surface area contributed by atoms with Crippen molar-refractivity contribution in [3.63, 3.8) is 0 Å². The van der Waals surface area contributed by atoms with Gasteiger partial charge in [0, 0.05) is 11.6 Å². The number of sulfone groups is 1. The van der Waals surface area contributed by atoms with E-state index in [1.165, 1.54) is 30.3 Å². The third kappa shape index (κ3) is 2.74. The third-order valence-corrected chi connectivity index (χ3v) is 6.37. The highest BCUT2D eigenvalue weighted by Crippen LogP contribution is 2.39. The van der Waals surface area contributed by atoms with Gasteiger partial charge < -0.3 is 4.74 Å². The van der Waals surface area contributed by atoms with E-state index in [1.54, 1.807) is 0 Å². The first-order chi connectivity index (χ1) is 10.8. The molecule has 0 unspecified atom stereocenters. The number of rotatable bonds is 3. The first-order valence-electron chi connectivity index (χ1n) is 6.99. The Labute approximate surface area is 132 Å². The molecule has 2 atom stereocenters. The predicted molar refractivity (Wildman–Crippen MR) is 77.3 cm³/mol. The number of benzene rings is 1. The Morgan fingerprint density at radius 2 is 2.22 bits per heavy atom. The van der Waals surface area contributed by atoms with Crippen molar-refractivity contribution in [3.8, 4) is 0 Å². The Balaban J connectivity index is 2.17. The minimum Gasteiger partial charge on any atom is -0.366 e. The molecule has 0 saturated carbocycles. The zero-order chi connectivity index (χ0) is 16.7. The van der Waals surface area contributed by atoms with Gasteiger partial charge in [-0.15, -0.1) is 0 Å². The van der Waals surface area contributed by atoms with E-state index >= 15 is 0 Å². The zero-order valence-corrected chi connectivity index (χ0v) is 13.1. The number of halogens is 2. The molecule has 0 spiro atoms. The molecule has 2 aromatic rings. The summed E-state index contributed by atoms with van der Waals surface area (Å²) in [4.78, 5) is 3.80. The fraction of sp³-hybridized carbons (Fsp3) is 0.429. The lowest BCUT2D eigenvalue weighted by Gasteiger charge is -2.42. The maximum Gasteiger partial charge on any atom is 0.158 e. The molecule has 23 heavy (non-hydrogen) atoms. The van der Waals surface area contributed by atoms with Gasteiger partial charge in [-0.1, -0.05) is 6.07 Å². The van der Waals surface area contributed by atoms with Gasteiger partial charge in [0.2, 0.25) is 0 Å². The summed E-state index contributed by atoms with van der Waals surface area (Å²) in [5.74, 6) is -1.74. The molecule has 1 aliphatic heterocycles. The normalized spacial score (nSPS) is 27.0. The second-order valence-electron chi connectivity index (χ2n) is 5.46. The van der Waals surface area contributed by atoms with Crippen molar-refractivity contribution in [3.05, 3.63) is 48.1 Å². The molecule has 1 fully saturated rings. The number of hydrogen-bond acceptors (Lipinski definition) is 5. The minimum absolute atomic E-state index is 0.00910. The Hall–Kier alpha value is -1.87. The summed E-state index contributed by atoms with van der Waals surface area (Å²) in [6.07, 6.45) is 2.68. The van der Waals surface area contributed by atoms with Gasteiger partial charge in [0.25, 0.3) is 0 Å². The highest BCUT2D eigenvalue weighted by atomic mass is 32.2. The molecule has 0 amide bonds. The molecule has 0 radical (unpaired) electrons. The first kappa shape index (κ1) is 16.0. The molecule has 1 aliphatic rings.